The molecule has 0 saturated carbocycles. The topological polar surface area (TPSA) is 67.9 Å². The minimum Gasteiger partial charge on any atom is -0.496 e. The van der Waals surface area contributed by atoms with E-state index in [-0.39, 0.29) is 18.4 Å². The molecule has 0 bridgehead atoms. The number of halogens is 1. The van der Waals surface area contributed by atoms with E-state index in [0.29, 0.717) is 28.8 Å². The number of methoxy groups -OCH3 is 2. The van der Waals surface area contributed by atoms with Crippen LogP contribution in [0.2, 0.25) is 5.02 Å². The Hall–Kier alpha value is -2.73. The van der Waals surface area contributed by atoms with Crippen LogP contribution in [0.25, 0.3) is 0 Å². The van der Waals surface area contributed by atoms with E-state index >= 15 is 0 Å². The molecule has 2 aromatic rings. The highest BCUT2D eigenvalue weighted by Gasteiger charge is 2.20. The Morgan fingerprint density at radius 2 is 1.77 bits per heavy atom. The van der Waals surface area contributed by atoms with E-state index in [2.05, 4.69) is 5.32 Å². The van der Waals surface area contributed by atoms with Gasteiger partial charge in [-0.05, 0) is 24.3 Å². The Labute approximate surface area is 157 Å². The van der Waals surface area contributed by atoms with E-state index in [0.717, 1.165) is 5.56 Å². The van der Waals surface area contributed by atoms with Crippen LogP contribution in [0.15, 0.2) is 42.5 Å². The molecule has 0 aliphatic heterocycles. The van der Waals surface area contributed by atoms with Crippen LogP contribution < -0.4 is 19.7 Å². The average Bonchev–Trinajstić information content (AvgIpc) is 2.64. The van der Waals surface area contributed by atoms with Crippen molar-refractivity contribution >= 4 is 29.1 Å². The molecule has 1 N–H and O–H groups in total. The highest BCUT2D eigenvalue weighted by atomic mass is 35.5. The average molecular weight is 377 g/mol. The Morgan fingerprint density at radius 3 is 2.42 bits per heavy atom. The van der Waals surface area contributed by atoms with Gasteiger partial charge in [0.05, 0.1) is 19.9 Å². The Balaban J connectivity index is 2.12. The third-order valence-electron chi connectivity index (χ3n) is 3.78. The number of carbonyl (C=O) groups is 2. The SMILES string of the molecule is COc1ccccc1CNC(=O)CN(C(C)=O)c1cc(Cl)ccc1OC. The first-order valence-electron chi connectivity index (χ1n) is 7.96. The van der Waals surface area contributed by atoms with E-state index in [1.165, 1.54) is 18.9 Å². The molecule has 0 atom stereocenters. The van der Waals surface area contributed by atoms with Gasteiger partial charge < -0.3 is 14.8 Å². The van der Waals surface area contributed by atoms with E-state index in [9.17, 15) is 9.59 Å². The van der Waals surface area contributed by atoms with Gasteiger partial charge in [0, 0.05) is 24.1 Å². The van der Waals surface area contributed by atoms with Gasteiger partial charge in [-0.25, -0.2) is 0 Å². The zero-order valence-corrected chi connectivity index (χ0v) is 15.7. The first-order valence-corrected chi connectivity index (χ1v) is 8.34. The molecule has 0 aromatic heterocycles. The predicted molar refractivity (Wildman–Crippen MR) is 101 cm³/mol. The quantitative estimate of drug-likeness (QED) is 0.806. The van der Waals surface area contributed by atoms with E-state index in [4.69, 9.17) is 21.1 Å². The highest BCUT2D eigenvalue weighted by Crippen LogP contribution is 2.31. The van der Waals surface area contributed by atoms with Crippen molar-refractivity contribution in [2.45, 2.75) is 13.5 Å². The summed E-state index contributed by atoms with van der Waals surface area (Å²) in [6, 6.07) is 12.3. The molecule has 6 nitrogen and oxygen atoms in total. The summed E-state index contributed by atoms with van der Waals surface area (Å²) in [5.74, 6) is 0.543. The molecule has 2 rings (SSSR count). The molecular weight excluding hydrogens is 356 g/mol. The molecule has 0 aliphatic rings. The largest absolute Gasteiger partial charge is 0.496 e. The predicted octanol–water partition coefficient (Wildman–Crippen LogP) is 3.03. The van der Waals surface area contributed by atoms with Gasteiger partial charge in [-0.1, -0.05) is 29.8 Å². The smallest absolute Gasteiger partial charge is 0.240 e. The van der Waals surface area contributed by atoms with E-state index in [1.54, 1.807) is 25.3 Å². The number of nitrogens with zero attached hydrogens (tertiary/aromatic N) is 1. The van der Waals surface area contributed by atoms with Crippen LogP contribution in [-0.2, 0) is 16.1 Å². The number of carbonyl (C=O) groups excluding carboxylic acids is 2. The van der Waals surface area contributed by atoms with Gasteiger partial charge in [0.15, 0.2) is 0 Å². The zero-order valence-electron chi connectivity index (χ0n) is 14.9. The lowest BCUT2D eigenvalue weighted by atomic mass is 10.2. The number of benzene rings is 2. The lowest BCUT2D eigenvalue weighted by Gasteiger charge is -2.23. The van der Waals surface area contributed by atoms with Gasteiger partial charge in [0.1, 0.15) is 18.0 Å². The summed E-state index contributed by atoms with van der Waals surface area (Å²) < 4.78 is 10.5. The second-order valence-corrected chi connectivity index (χ2v) is 5.95. The molecule has 2 amide bonds. The molecule has 138 valence electrons. The van der Waals surface area contributed by atoms with Crippen molar-refractivity contribution in [3.63, 3.8) is 0 Å². The number of nitrogens with one attached hydrogen (secondary N) is 1. The fourth-order valence-corrected chi connectivity index (χ4v) is 2.65. The Kier molecular flexibility index (Phi) is 6.86. The van der Waals surface area contributed by atoms with Gasteiger partial charge in [-0.3, -0.25) is 14.5 Å². The summed E-state index contributed by atoms with van der Waals surface area (Å²) >= 11 is 6.03. The number of ether oxygens (including phenoxy) is 2. The van der Waals surface area contributed by atoms with Crippen molar-refractivity contribution in [1.82, 2.24) is 5.32 Å². The van der Waals surface area contributed by atoms with Gasteiger partial charge in [0.25, 0.3) is 0 Å². The monoisotopic (exact) mass is 376 g/mol. The van der Waals surface area contributed by atoms with E-state index in [1.807, 2.05) is 24.3 Å². The van der Waals surface area contributed by atoms with Crippen molar-refractivity contribution in [2.24, 2.45) is 0 Å². The highest BCUT2D eigenvalue weighted by molar-refractivity contribution is 6.31. The first kappa shape index (κ1) is 19.6. The lowest BCUT2D eigenvalue weighted by Crippen LogP contribution is -2.39. The van der Waals surface area contributed by atoms with Crippen LogP contribution in [0.5, 0.6) is 11.5 Å². The van der Waals surface area contributed by atoms with Gasteiger partial charge in [0.2, 0.25) is 11.8 Å². The van der Waals surface area contributed by atoms with Crippen LogP contribution in [0, 0.1) is 0 Å². The summed E-state index contributed by atoms with van der Waals surface area (Å²) in [5.41, 5.74) is 1.29. The van der Waals surface area contributed by atoms with Crippen LogP contribution in [0.1, 0.15) is 12.5 Å². The molecular formula is C19H21ClN2O4. The van der Waals surface area contributed by atoms with Crippen LogP contribution in [-0.4, -0.2) is 32.6 Å². The third-order valence-corrected chi connectivity index (χ3v) is 4.02. The van der Waals surface area contributed by atoms with Crippen molar-refractivity contribution in [3.8, 4) is 11.5 Å². The molecule has 0 heterocycles. The minimum absolute atomic E-state index is 0.152. The molecule has 0 fully saturated rings. The number of rotatable bonds is 7. The maximum Gasteiger partial charge on any atom is 0.240 e. The molecule has 7 heteroatoms. The van der Waals surface area contributed by atoms with Crippen molar-refractivity contribution in [2.75, 3.05) is 25.7 Å². The summed E-state index contributed by atoms with van der Waals surface area (Å²) in [6.07, 6.45) is 0. The summed E-state index contributed by atoms with van der Waals surface area (Å²) in [7, 11) is 3.07. The van der Waals surface area contributed by atoms with Crippen molar-refractivity contribution in [3.05, 3.63) is 53.1 Å². The maximum atomic E-state index is 12.4. The van der Waals surface area contributed by atoms with Gasteiger partial charge in [-0.15, -0.1) is 0 Å². The normalized spacial score (nSPS) is 10.2. The molecule has 0 unspecified atom stereocenters. The second-order valence-electron chi connectivity index (χ2n) is 5.51. The molecule has 0 saturated heterocycles. The first-order chi connectivity index (χ1) is 12.5. The van der Waals surface area contributed by atoms with Crippen LogP contribution in [0.3, 0.4) is 0 Å². The fourth-order valence-electron chi connectivity index (χ4n) is 2.48. The number of anilines is 1. The van der Waals surface area contributed by atoms with E-state index < -0.39 is 0 Å². The zero-order chi connectivity index (χ0) is 19.1. The van der Waals surface area contributed by atoms with Gasteiger partial charge in [-0.2, -0.15) is 0 Å². The second kappa shape index (κ2) is 9.10. The molecule has 2 aromatic carbocycles. The van der Waals surface area contributed by atoms with Crippen LogP contribution >= 0.6 is 11.6 Å². The lowest BCUT2D eigenvalue weighted by molar-refractivity contribution is -0.123. The molecule has 26 heavy (non-hydrogen) atoms. The van der Waals surface area contributed by atoms with Crippen molar-refractivity contribution < 1.29 is 19.1 Å². The summed E-state index contributed by atoms with van der Waals surface area (Å²) in [6.45, 7) is 1.52. The minimum atomic E-state index is -0.312. The summed E-state index contributed by atoms with van der Waals surface area (Å²) in [5, 5.41) is 3.24. The molecule has 0 spiro atoms. The molecule has 0 radical (unpaired) electrons. The van der Waals surface area contributed by atoms with Crippen molar-refractivity contribution in [1.29, 1.82) is 0 Å². The number of hydrogen-bond acceptors (Lipinski definition) is 4. The maximum absolute atomic E-state index is 12.4. The van der Waals surface area contributed by atoms with Crippen LogP contribution in [0.4, 0.5) is 5.69 Å². The number of para-hydroxylation sites is 1. The molecule has 0 aliphatic carbocycles. The number of amides is 2. The van der Waals surface area contributed by atoms with Gasteiger partial charge >= 0.3 is 0 Å². The standard InChI is InChI=1S/C19H21ClN2O4/c1-13(23)22(16-10-15(20)8-9-18(16)26-3)12-19(24)21-11-14-6-4-5-7-17(14)25-2/h4-10H,11-12H2,1-3H3,(H,21,24). The Morgan fingerprint density at radius 1 is 1.08 bits per heavy atom. The third kappa shape index (κ3) is 4.89. The Bertz CT molecular complexity index is 795. The number of hydrogen-bond donors (Lipinski definition) is 1. The summed E-state index contributed by atoms with van der Waals surface area (Å²) in [4.78, 5) is 25.8. The fraction of sp³-hybridized carbons (Fsp3) is 0.263.